The van der Waals surface area contributed by atoms with Crippen LogP contribution in [0, 0.1) is 41.5 Å². The van der Waals surface area contributed by atoms with E-state index in [2.05, 4.69) is 60.8 Å². The summed E-state index contributed by atoms with van der Waals surface area (Å²) in [7, 11) is 0. The number of carboxylic acid groups (broad SMARTS) is 1. The third-order valence-corrected chi connectivity index (χ3v) is 16.2. The third kappa shape index (κ3) is 19.6. The Kier molecular flexibility index (Phi) is 23.6. The lowest BCUT2D eigenvalue weighted by molar-refractivity contribution is -0.114. The van der Waals surface area contributed by atoms with Crippen molar-refractivity contribution in [3.63, 3.8) is 0 Å². The molecule has 12 rings (SSSR count). The number of anilines is 3. The first kappa shape index (κ1) is 70.4. The van der Waals surface area contributed by atoms with E-state index in [4.69, 9.17) is 57.1 Å². The number of nitrogen functional groups attached to an aromatic ring is 2. The second-order valence-electron chi connectivity index (χ2n) is 23.0. The molecule has 0 aliphatic heterocycles. The van der Waals surface area contributed by atoms with Crippen LogP contribution in [0.25, 0.3) is 32.7 Å². The summed E-state index contributed by atoms with van der Waals surface area (Å²) in [4.78, 5) is 86.5. The molecule has 0 bridgehead atoms. The number of aryl methyl sites for hydroxylation is 6. The second-order valence-corrected chi connectivity index (χ2v) is 24.3. The smallest absolute Gasteiger partial charge is 0.335 e. The minimum atomic E-state index is -0.951. The van der Waals surface area contributed by atoms with Crippen LogP contribution in [0.2, 0.25) is 15.1 Å². The number of benzene rings is 3. The quantitative estimate of drug-likeness (QED) is 0.0501. The lowest BCUT2D eigenvalue weighted by atomic mass is 10.0. The second kappa shape index (κ2) is 32.5. The first-order valence-electron chi connectivity index (χ1n) is 30.6. The number of nitrogens with zero attached hydrogens (tertiary/aromatic N) is 9. The van der Waals surface area contributed by atoms with Gasteiger partial charge in [0, 0.05) is 144 Å². The van der Waals surface area contributed by atoms with Gasteiger partial charge in [-0.15, -0.1) is 0 Å². The molecule has 10 N–H and O–H groups in total. The van der Waals surface area contributed by atoms with Crippen molar-refractivity contribution in [2.75, 3.05) is 16.8 Å². The molecule has 492 valence electrons. The monoisotopic (exact) mass is 1350 g/mol. The van der Waals surface area contributed by atoms with Crippen LogP contribution in [0.4, 0.5) is 17.5 Å². The first-order chi connectivity index (χ1) is 46.4. The van der Waals surface area contributed by atoms with Gasteiger partial charge < -0.3 is 38.3 Å². The lowest BCUT2D eigenvalue weighted by Gasteiger charge is -2.13. The van der Waals surface area contributed by atoms with Crippen molar-refractivity contribution in [2.45, 2.75) is 87.4 Å². The Morgan fingerprint density at radius 2 is 0.804 bits per heavy atom. The van der Waals surface area contributed by atoms with Gasteiger partial charge in [-0.2, -0.15) is 0 Å². The molecule has 0 saturated carbocycles. The van der Waals surface area contributed by atoms with E-state index >= 15 is 0 Å². The zero-order valence-electron chi connectivity index (χ0n) is 54.3. The minimum Gasteiger partial charge on any atom is -0.478 e. The fraction of sp³-hybridized carbons (Fsp3) is 0.176. The van der Waals surface area contributed by atoms with Gasteiger partial charge in [0.2, 0.25) is 5.91 Å². The topological polar surface area (TPSA) is 319 Å². The van der Waals surface area contributed by atoms with Gasteiger partial charge >= 0.3 is 5.97 Å². The SMILES string of the molecule is CC(=O)Nc1cc(C)c(CNC(=O)c2ccnc(Cc3ccc4ncc(Cl)cc4c3)c2)c(C)n1.Cc1cc(N)nc(C)c1CN.Cc1cc(N)nc(C)c1CNC(=O)c1ccnc(Cc2ccc3ncc(Cl)cc3c2)c1.O=C(O)c1ccnc(Cc2ccc3ncc(Cl)cc3c2)c1. The van der Waals surface area contributed by atoms with Crippen LogP contribution in [-0.4, -0.2) is 73.7 Å². The van der Waals surface area contributed by atoms with Gasteiger partial charge in [0.25, 0.3) is 11.8 Å². The summed E-state index contributed by atoms with van der Waals surface area (Å²) in [6.45, 7) is 14.2. The molecule has 0 saturated heterocycles. The molecule has 3 aromatic carbocycles. The van der Waals surface area contributed by atoms with Crippen LogP contribution in [-0.2, 0) is 43.7 Å². The van der Waals surface area contributed by atoms with Crippen molar-refractivity contribution < 1.29 is 24.3 Å². The highest BCUT2D eigenvalue weighted by Gasteiger charge is 2.15. The summed E-state index contributed by atoms with van der Waals surface area (Å²) in [5.74, 6) is 0.0747. The molecule has 0 radical (unpaired) electrons. The van der Waals surface area contributed by atoms with E-state index in [1.807, 2.05) is 133 Å². The van der Waals surface area contributed by atoms with Gasteiger partial charge in [-0.25, -0.2) is 19.7 Å². The Morgan fingerprint density at radius 1 is 0.443 bits per heavy atom. The standard InChI is InChI=1S/C26H24ClN5O2.C24H22ClN5O.C16H11ClN2O2.C8H13N3/c1-15-8-25(32-17(3)33)31-16(2)23(15)14-30-26(34)19-6-7-28-22(12-19)10-18-4-5-24-20(9-18)11-21(27)13-29-24;1-14-7-23(26)30-15(2)21(14)13-29-24(31)17-5-6-27-20(11-17)9-16-3-4-22-18(8-16)10-19(25)12-28-22;17-13-7-12-5-10(1-2-15(12)19-9-13)6-14-8-11(16(20)21)3-4-18-14;1-5-3-8(10)11-6(2)7(5)4-9/h4-9,11-13H,10,14H2,1-3H3,(H,30,34)(H,31,32,33);3-8,10-12H,9,13H2,1-2H3,(H2,26,30)(H,29,31);1-5,7-9H,6H2,(H,20,21);3H,4,9H2,1-2H3,(H2,10,11). The predicted molar refractivity (Wildman–Crippen MR) is 383 cm³/mol. The predicted octanol–water partition coefficient (Wildman–Crippen LogP) is 13.5. The molecule has 0 unspecified atom stereocenters. The summed E-state index contributed by atoms with van der Waals surface area (Å²) in [5, 5.41) is 22.3. The number of nitrogens with two attached hydrogens (primary N) is 3. The zero-order valence-corrected chi connectivity index (χ0v) is 56.6. The van der Waals surface area contributed by atoms with Crippen molar-refractivity contribution in [2.24, 2.45) is 5.73 Å². The Bertz CT molecular complexity index is 4870. The van der Waals surface area contributed by atoms with Crippen molar-refractivity contribution in [1.82, 2.24) is 55.5 Å². The number of carbonyl (C=O) groups is 4. The molecule has 9 aromatic heterocycles. The average molecular weight is 1360 g/mol. The van der Waals surface area contributed by atoms with E-state index in [1.54, 1.807) is 61.3 Å². The van der Waals surface area contributed by atoms with Crippen LogP contribution in [0.1, 0.15) is 122 Å². The van der Waals surface area contributed by atoms with E-state index in [0.717, 1.165) is 111 Å². The van der Waals surface area contributed by atoms with Gasteiger partial charge in [-0.1, -0.05) is 53.0 Å². The van der Waals surface area contributed by atoms with E-state index in [-0.39, 0.29) is 23.3 Å². The number of nitrogens with one attached hydrogen (secondary N) is 3. The zero-order chi connectivity index (χ0) is 69.4. The van der Waals surface area contributed by atoms with E-state index in [1.165, 1.54) is 19.2 Å². The molecule has 0 spiro atoms. The van der Waals surface area contributed by atoms with Crippen molar-refractivity contribution in [1.29, 1.82) is 0 Å². The van der Waals surface area contributed by atoms with Crippen LogP contribution in [0.3, 0.4) is 0 Å². The molecule has 12 aromatic rings. The Balaban J connectivity index is 0.000000161. The number of hydrogen-bond acceptors (Lipinski definition) is 16. The number of halogens is 3. The Hall–Kier alpha value is -10.9. The number of amides is 3. The van der Waals surface area contributed by atoms with Gasteiger partial charge in [0.1, 0.15) is 17.5 Å². The number of hydrogen-bond donors (Lipinski definition) is 7. The van der Waals surface area contributed by atoms with E-state index < -0.39 is 5.97 Å². The van der Waals surface area contributed by atoms with Crippen molar-refractivity contribution in [3.8, 4) is 0 Å². The number of rotatable bonds is 15. The number of carbonyl (C=O) groups excluding carboxylic acids is 3. The van der Waals surface area contributed by atoms with Gasteiger partial charge in [0.15, 0.2) is 0 Å². The van der Waals surface area contributed by atoms with Gasteiger partial charge in [-0.3, -0.25) is 44.3 Å². The molecule has 23 heteroatoms. The van der Waals surface area contributed by atoms with Crippen molar-refractivity contribution >= 4 is 109 Å². The van der Waals surface area contributed by atoms with Crippen LogP contribution in [0.15, 0.2) is 165 Å². The Labute approximate surface area is 575 Å². The van der Waals surface area contributed by atoms with Gasteiger partial charge in [-0.05, 0) is 201 Å². The molecule has 0 fully saturated rings. The number of aromatic nitrogens is 9. The number of fused-ring (bicyclic) bond motifs is 3. The molecule has 3 amide bonds. The molecule has 97 heavy (non-hydrogen) atoms. The fourth-order valence-electron chi connectivity index (χ4n) is 10.8. The number of pyridine rings is 9. The Morgan fingerprint density at radius 3 is 1.16 bits per heavy atom. The van der Waals surface area contributed by atoms with Crippen LogP contribution in [0.5, 0.6) is 0 Å². The summed E-state index contributed by atoms with van der Waals surface area (Å²) >= 11 is 18.1. The first-order valence-corrected chi connectivity index (χ1v) is 31.7. The molecule has 0 atom stereocenters. The number of carboxylic acids is 1. The average Bonchev–Trinajstić information content (AvgIpc) is 0.872. The summed E-state index contributed by atoms with van der Waals surface area (Å²) < 4.78 is 0. The molecule has 0 aliphatic rings. The highest BCUT2D eigenvalue weighted by Crippen LogP contribution is 2.25. The maximum atomic E-state index is 12.8. The van der Waals surface area contributed by atoms with Gasteiger partial charge in [0.05, 0.1) is 37.2 Å². The maximum Gasteiger partial charge on any atom is 0.335 e. The third-order valence-electron chi connectivity index (χ3n) is 15.6. The molecular formula is C74H70Cl3N15O5. The molecule has 9 heterocycles. The molecule has 0 aliphatic carbocycles. The van der Waals surface area contributed by atoms with Crippen molar-refractivity contribution in [3.05, 3.63) is 281 Å². The maximum absolute atomic E-state index is 12.8. The molecule has 20 nitrogen and oxygen atoms in total. The largest absolute Gasteiger partial charge is 0.478 e. The summed E-state index contributed by atoms with van der Waals surface area (Å²) in [6, 6.07) is 39.0. The van der Waals surface area contributed by atoms with Crippen LogP contribution < -0.4 is 33.2 Å². The molecular weight excluding hydrogens is 1290 g/mol. The lowest BCUT2D eigenvalue weighted by Crippen LogP contribution is -2.24. The minimum absolute atomic E-state index is 0.159. The van der Waals surface area contributed by atoms with E-state index in [9.17, 15) is 19.2 Å². The number of aromatic carboxylic acids is 1. The highest BCUT2D eigenvalue weighted by atomic mass is 35.5. The summed E-state index contributed by atoms with van der Waals surface area (Å²) in [6.07, 6.45) is 11.4. The fourth-order valence-corrected chi connectivity index (χ4v) is 11.3. The highest BCUT2D eigenvalue weighted by molar-refractivity contribution is 6.31. The summed E-state index contributed by atoms with van der Waals surface area (Å²) in [5.41, 5.74) is 34.8. The normalized spacial score (nSPS) is 10.8. The van der Waals surface area contributed by atoms with Crippen LogP contribution >= 0.6 is 34.8 Å². The van der Waals surface area contributed by atoms with E-state index in [0.29, 0.717) is 88.2 Å².